The Morgan fingerprint density at radius 3 is 2.92 bits per heavy atom. The van der Waals surface area contributed by atoms with Crippen LogP contribution < -0.4 is 10.6 Å². The maximum atomic E-state index is 11.8. The number of hydrogen-bond donors (Lipinski definition) is 2. The lowest BCUT2D eigenvalue weighted by molar-refractivity contribution is -0.127. The van der Waals surface area contributed by atoms with Crippen LogP contribution in [0.4, 0.5) is 0 Å². The van der Waals surface area contributed by atoms with Crippen LogP contribution in [0.3, 0.4) is 0 Å². The summed E-state index contributed by atoms with van der Waals surface area (Å²) >= 11 is 1.65. The van der Waals surface area contributed by atoms with E-state index in [0.29, 0.717) is 19.0 Å². The summed E-state index contributed by atoms with van der Waals surface area (Å²) in [5.41, 5.74) is 0. The number of carbonyl (C=O) groups is 1. The minimum atomic E-state index is -0.0323. The number of amides is 1. The quantitative estimate of drug-likeness (QED) is 0.592. The van der Waals surface area contributed by atoms with Crippen LogP contribution in [-0.4, -0.2) is 61.6 Å². The predicted molar refractivity (Wildman–Crippen MR) is 96.3 cm³/mol. The van der Waals surface area contributed by atoms with Gasteiger partial charge in [-0.25, -0.2) is 9.98 Å². The first-order chi connectivity index (χ1) is 11.5. The highest BCUT2D eigenvalue weighted by Crippen LogP contribution is 2.12. The van der Waals surface area contributed by atoms with Crippen LogP contribution in [0.5, 0.6) is 0 Å². The summed E-state index contributed by atoms with van der Waals surface area (Å²) in [7, 11) is 3.46. The summed E-state index contributed by atoms with van der Waals surface area (Å²) in [5, 5.41) is 7.52. The van der Waals surface area contributed by atoms with Gasteiger partial charge in [-0.1, -0.05) is 0 Å². The van der Waals surface area contributed by atoms with Crippen molar-refractivity contribution < 1.29 is 9.53 Å². The molecule has 0 bridgehead atoms. The van der Waals surface area contributed by atoms with Crippen LogP contribution in [0.15, 0.2) is 11.2 Å². The second-order valence-corrected chi connectivity index (χ2v) is 7.36. The summed E-state index contributed by atoms with van der Waals surface area (Å²) in [6.45, 7) is 4.25. The van der Waals surface area contributed by atoms with Gasteiger partial charge in [0.25, 0.3) is 0 Å². The van der Waals surface area contributed by atoms with Crippen LogP contribution in [-0.2, 0) is 16.1 Å². The summed E-state index contributed by atoms with van der Waals surface area (Å²) in [6, 6.07) is 0. The molecule has 1 aliphatic rings. The van der Waals surface area contributed by atoms with Crippen LogP contribution in [0, 0.1) is 6.92 Å². The zero-order chi connectivity index (χ0) is 17.4. The van der Waals surface area contributed by atoms with Gasteiger partial charge in [0.15, 0.2) is 5.96 Å². The molecule has 1 unspecified atom stereocenters. The monoisotopic (exact) mass is 353 g/mol. The number of likely N-dealkylation sites (N-methyl/N-ethyl adjacent to an activating group) is 1. The average molecular weight is 353 g/mol. The molecule has 2 heterocycles. The van der Waals surface area contributed by atoms with E-state index < -0.39 is 0 Å². The van der Waals surface area contributed by atoms with Gasteiger partial charge >= 0.3 is 0 Å². The van der Waals surface area contributed by atoms with E-state index in [4.69, 9.17) is 4.74 Å². The largest absolute Gasteiger partial charge is 0.376 e. The first-order valence-corrected chi connectivity index (χ1v) is 9.11. The number of hydrogen-bond acceptors (Lipinski definition) is 5. The Kier molecular flexibility index (Phi) is 7.45. The minimum absolute atomic E-state index is 0.0323. The molecule has 1 atom stereocenters. The minimum Gasteiger partial charge on any atom is -0.376 e. The van der Waals surface area contributed by atoms with Crippen molar-refractivity contribution in [1.29, 1.82) is 0 Å². The lowest BCUT2D eigenvalue weighted by atomic mass is 10.1. The van der Waals surface area contributed by atoms with Gasteiger partial charge in [0, 0.05) is 38.3 Å². The fourth-order valence-corrected chi connectivity index (χ4v) is 3.01. The second kappa shape index (κ2) is 9.58. The standard InChI is InChI=1S/C16H27N5O2S/c1-12-8-17-14(24-12)10-19-16(20-11-15(22)21(2)3)18-9-13-6-4-5-7-23-13/h8,13H,4-7,9-11H2,1-3H3,(H2,18,19,20). The highest BCUT2D eigenvalue weighted by atomic mass is 32.1. The van der Waals surface area contributed by atoms with E-state index >= 15 is 0 Å². The molecule has 0 aliphatic carbocycles. The van der Waals surface area contributed by atoms with Gasteiger partial charge < -0.3 is 20.3 Å². The van der Waals surface area contributed by atoms with Crippen molar-refractivity contribution in [3.05, 3.63) is 16.1 Å². The lowest BCUT2D eigenvalue weighted by Crippen LogP contribution is -2.43. The van der Waals surface area contributed by atoms with Crippen molar-refractivity contribution in [2.75, 3.05) is 33.8 Å². The fraction of sp³-hybridized carbons (Fsp3) is 0.688. The summed E-state index contributed by atoms with van der Waals surface area (Å²) in [4.78, 5) is 23.2. The first kappa shape index (κ1) is 18.7. The van der Waals surface area contributed by atoms with Crippen molar-refractivity contribution in [3.8, 4) is 0 Å². The van der Waals surface area contributed by atoms with Gasteiger partial charge in [-0.15, -0.1) is 11.3 Å². The Morgan fingerprint density at radius 2 is 2.29 bits per heavy atom. The Hall–Kier alpha value is -1.67. The van der Waals surface area contributed by atoms with Crippen molar-refractivity contribution in [2.24, 2.45) is 4.99 Å². The third-order valence-electron chi connectivity index (χ3n) is 3.72. The molecule has 1 saturated heterocycles. The molecule has 0 saturated carbocycles. The van der Waals surface area contributed by atoms with Crippen molar-refractivity contribution in [1.82, 2.24) is 20.5 Å². The van der Waals surface area contributed by atoms with Gasteiger partial charge in [-0.05, 0) is 26.2 Å². The predicted octanol–water partition coefficient (Wildman–Crippen LogP) is 1.14. The zero-order valence-corrected chi connectivity index (χ0v) is 15.5. The number of carbonyl (C=O) groups excluding carboxylic acids is 1. The van der Waals surface area contributed by atoms with E-state index in [9.17, 15) is 4.79 Å². The molecule has 1 aliphatic heterocycles. The van der Waals surface area contributed by atoms with Crippen LogP contribution in [0.1, 0.15) is 29.1 Å². The normalized spacial score (nSPS) is 18.3. The number of nitrogens with one attached hydrogen (secondary N) is 2. The van der Waals surface area contributed by atoms with Crippen molar-refractivity contribution >= 4 is 23.2 Å². The average Bonchev–Trinajstić information content (AvgIpc) is 3.00. The Bertz CT molecular complexity index is 552. The topological polar surface area (TPSA) is 78.9 Å². The SMILES string of the molecule is Cc1cnc(CNC(=NCC(=O)N(C)C)NCC2CCCCO2)s1. The molecule has 2 N–H and O–H groups in total. The van der Waals surface area contributed by atoms with Crippen LogP contribution in [0.25, 0.3) is 0 Å². The van der Waals surface area contributed by atoms with Gasteiger partial charge in [0.1, 0.15) is 11.6 Å². The molecule has 8 heteroatoms. The zero-order valence-electron chi connectivity index (χ0n) is 14.7. The molecule has 2 rings (SSSR count). The number of aromatic nitrogens is 1. The third kappa shape index (κ3) is 6.45. The van der Waals surface area contributed by atoms with E-state index in [2.05, 4.69) is 20.6 Å². The molecular weight excluding hydrogens is 326 g/mol. The number of thiazole rings is 1. The van der Waals surface area contributed by atoms with E-state index in [-0.39, 0.29) is 18.6 Å². The van der Waals surface area contributed by atoms with Crippen LogP contribution in [0.2, 0.25) is 0 Å². The number of aliphatic imine (C=N–C) groups is 1. The lowest BCUT2D eigenvalue weighted by Gasteiger charge is -2.23. The van der Waals surface area contributed by atoms with Gasteiger partial charge in [-0.2, -0.15) is 0 Å². The highest BCUT2D eigenvalue weighted by molar-refractivity contribution is 7.11. The fourth-order valence-electron chi connectivity index (χ4n) is 2.28. The number of ether oxygens (including phenoxy) is 1. The van der Waals surface area contributed by atoms with E-state index in [0.717, 1.165) is 24.5 Å². The molecule has 7 nitrogen and oxygen atoms in total. The molecular formula is C16H27N5O2S. The Morgan fingerprint density at radius 1 is 1.46 bits per heavy atom. The molecule has 1 amide bonds. The van der Waals surface area contributed by atoms with Gasteiger partial charge in [-0.3, -0.25) is 4.79 Å². The van der Waals surface area contributed by atoms with Crippen LogP contribution >= 0.6 is 11.3 Å². The Labute approximate surface area is 147 Å². The third-order valence-corrected chi connectivity index (χ3v) is 4.63. The van der Waals surface area contributed by atoms with E-state index in [1.54, 1.807) is 25.4 Å². The summed E-state index contributed by atoms with van der Waals surface area (Å²) in [6.07, 6.45) is 5.46. The molecule has 24 heavy (non-hydrogen) atoms. The molecule has 0 radical (unpaired) electrons. The summed E-state index contributed by atoms with van der Waals surface area (Å²) < 4.78 is 5.73. The van der Waals surface area contributed by atoms with E-state index in [1.807, 2.05) is 13.1 Å². The Balaban J connectivity index is 1.88. The maximum Gasteiger partial charge on any atom is 0.243 e. The smallest absolute Gasteiger partial charge is 0.243 e. The van der Waals surface area contributed by atoms with Gasteiger partial charge in [0.2, 0.25) is 5.91 Å². The van der Waals surface area contributed by atoms with E-state index in [1.165, 1.54) is 16.2 Å². The molecule has 1 aromatic heterocycles. The van der Waals surface area contributed by atoms with Gasteiger partial charge in [0.05, 0.1) is 12.6 Å². The molecule has 134 valence electrons. The summed E-state index contributed by atoms with van der Waals surface area (Å²) in [5.74, 6) is 0.585. The molecule has 1 aromatic rings. The maximum absolute atomic E-state index is 11.8. The second-order valence-electron chi connectivity index (χ2n) is 6.04. The first-order valence-electron chi connectivity index (χ1n) is 8.30. The molecule has 0 spiro atoms. The number of guanidine groups is 1. The van der Waals surface area contributed by atoms with Crippen molar-refractivity contribution in [3.63, 3.8) is 0 Å². The number of rotatable bonds is 6. The van der Waals surface area contributed by atoms with Crippen molar-refractivity contribution in [2.45, 2.75) is 38.8 Å². The molecule has 0 aromatic carbocycles. The highest BCUT2D eigenvalue weighted by Gasteiger charge is 2.14. The molecule has 1 fully saturated rings. The number of aryl methyl sites for hydroxylation is 1. The number of nitrogens with zero attached hydrogens (tertiary/aromatic N) is 3.